The Hall–Kier alpha value is -3.67. The van der Waals surface area contributed by atoms with Gasteiger partial charge in [-0.1, -0.05) is 30.3 Å². The number of hydrogen-bond donors (Lipinski definition) is 3. The summed E-state index contributed by atoms with van der Waals surface area (Å²) in [5, 5.41) is 14.3. The van der Waals surface area contributed by atoms with Gasteiger partial charge >= 0.3 is 5.97 Å². The molecule has 4 aromatic rings. The van der Waals surface area contributed by atoms with Crippen LogP contribution in [-0.4, -0.2) is 41.0 Å². The molecule has 1 aromatic carbocycles. The van der Waals surface area contributed by atoms with Gasteiger partial charge < -0.3 is 16.2 Å². The molecule has 4 N–H and O–H groups in total. The molecule has 0 saturated heterocycles. The maximum Gasteiger partial charge on any atom is 0.322 e. The Bertz CT molecular complexity index is 1380. The molecule has 0 radical (unpaired) electrons. The van der Waals surface area contributed by atoms with E-state index in [-0.39, 0.29) is 29.4 Å². The van der Waals surface area contributed by atoms with E-state index in [2.05, 4.69) is 20.3 Å². The molecule has 0 aliphatic carbocycles. The van der Waals surface area contributed by atoms with Gasteiger partial charge in [0.2, 0.25) is 9.84 Å². The van der Waals surface area contributed by atoms with E-state index in [1.54, 1.807) is 18.3 Å². The summed E-state index contributed by atoms with van der Waals surface area (Å²) < 4.78 is 27.5. The molecule has 34 heavy (non-hydrogen) atoms. The van der Waals surface area contributed by atoms with E-state index in [4.69, 9.17) is 10.8 Å². The molecule has 0 saturated carbocycles. The molecule has 3 aromatic heterocycles. The molecule has 0 spiro atoms. The van der Waals surface area contributed by atoms with Crippen molar-refractivity contribution >= 4 is 33.0 Å². The third-order valence-corrected chi connectivity index (χ3v) is 8.12. The van der Waals surface area contributed by atoms with Gasteiger partial charge in [0.25, 0.3) is 0 Å². The summed E-state index contributed by atoms with van der Waals surface area (Å²) in [6, 6.07) is 14.9. The highest BCUT2D eigenvalue weighted by Crippen LogP contribution is 2.34. The van der Waals surface area contributed by atoms with Crippen molar-refractivity contribution in [3.63, 3.8) is 0 Å². The van der Waals surface area contributed by atoms with Crippen molar-refractivity contribution in [2.45, 2.75) is 16.2 Å². The number of benzene rings is 1. The average molecular weight is 496 g/mol. The van der Waals surface area contributed by atoms with Crippen LogP contribution in [-0.2, 0) is 25.9 Å². The molecule has 3 heterocycles. The number of sulfone groups is 1. The van der Waals surface area contributed by atoms with Gasteiger partial charge in [0, 0.05) is 36.0 Å². The maximum atomic E-state index is 13.8. The lowest BCUT2D eigenvalue weighted by atomic mass is 10.0. The van der Waals surface area contributed by atoms with Gasteiger partial charge in [-0.15, -0.1) is 11.3 Å². The van der Waals surface area contributed by atoms with Crippen molar-refractivity contribution in [1.29, 1.82) is 0 Å². The summed E-state index contributed by atoms with van der Waals surface area (Å²) in [5.41, 5.74) is 8.36. The summed E-state index contributed by atoms with van der Waals surface area (Å²) in [6.45, 7) is -0.373. The minimum Gasteiger partial charge on any atom is -0.480 e. The normalized spacial score (nSPS) is 13.2. The Morgan fingerprint density at radius 1 is 1.09 bits per heavy atom. The molecular formula is C23H21N5O4S2. The lowest BCUT2D eigenvalue weighted by Gasteiger charge is -2.29. The van der Waals surface area contributed by atoms with Gasteiger partial charge in [0.05, 0.1) is 10.6 Å². The van der Waals surface area contributed by atoms with E-state index in [1.807, 2.05) is 29.6 Å². The minimum absolute atomic E-state index is 0.0393. The summed E-state index contributed by atoms with van der Waals surface area (Å²) in [5.74, 6) is -0.871. The van der Waals surface area contributed by atoms with Crippen LogP contribution < -0.4 is 11.1 Å². The van der Waals surface area contributed by atoms with E-state index in [9.17, 15) is 13.2 Å². The summed E-state index contributed by atoms with van der Waals surface area (Å²) in [6.07, 6.45) is 4.37. The Balaban J connectivity index is 1.76. The molecule has 1 unspecified atom stereocenters. The Morgan fingerprint density at radius 3 is 2.53 bits per heavy atom. The zero-order valence-electron chi connectivity index (χ0n) is 17.8. The van der Waals surface area contributed by atoms with Crippen molar-refractivity contribution in [3.05, 3.63) is 89.8 Å². The molecule has 0 amide bonds. The molecule has 0 aliphatic rings. The van der Waals surface area contributed by atoms with Crippen molar-refractivity contribution in [2.75, 3.05) is 11.9 Å². The molecule has 174 valence electrons. The fourth-order valence-corrected chi connectivity index (χ4v) is 5.68. The quantitative estimate of drug-likeness (QED) is 0.319. The topological polar surface area (TPSA) is 148 Å². The van der Waals surface area contributed by atoms with Gasteiger partial charge in [0.1, 0.15) is 17.4 Å². The van der Waals surface area contributed by atoms with Crippen molar-refractivity contribution in [2.24, 2.45) is 5.73 Å². The largest absolute Gasteiger partial charge is 0.480 e. The SMILES string of the molecule is NC(Cc1ccc(-c2nccs2)cc1)(c1cccc(NCC(=O)O)n1)S(=O)(=O)c1cccnc1. The van der Waals surface area contributed by atoms with E-state index >= 15 is 0 Å². The number of nitrogens with two attached hydrogens (primary N) is 1. The number of rotatable bonds is 9. The van der Waals surface area contributed by atoms with E-state index in [0.717, 1.165) is 10.6 Å². The number of carboxylic acids is 1. The highest BCUT2D eigenvalue weighted by atomic mass is 32.2. The second kappa shape index (κ2) is 9.67. The number of thiazole rings is 1. The van der Waals surface area contributed by atoms with E-state index < -0.39 is 20.7 Å². The van der Waals surface area contributed by atoms with Crippen LogP contribution in [0.1, 0.15) is 11.3 Å². The lowest BCUT2D eigenvalue weighted by molar-refractivity contribution is -0.134. The number of nitrogens with one attached hydrogen (secondary N) is 1. The predicted molar refractivity (Wildman–Crippen MR) is 129 cm³/mol. The molecule has 0 fully saturated rings. The van der Waals surface area contributed by atoms with Crippen molar-refractivity contribution in [1.82, 2.24) is 15.0 Å². The fraction of sp³-hybridized carbons (Fsp3) is 0.130. The highest BCUT2D eigenvalue weighted by molar-refractivity contribution is 7.92. The number of aliphatic carboxylic acids is 1. The average Bonchev–Trinajstić information content (AvgIpc) is 3.39. The molecule has 9 nitrogen and oxygen atoms in total. The Morgan fingerprint density at radius 2 is 1.88 bits per heavy atom. The number of hydrogen-bond acceptors (Lipinski definition) is 9. The smallest absolute Gasteiger partial charge is 0.322 e. The first kappa shape index (κ1) is 23.5. The van der Waals surface area contributed by atoms with Crippen LogP contribution in [0.15, 0.2) is 83.5 Å². The zero-order valence-corrected chi connectivity index (χ0v) is 19.5. The van der Waals surface area contributed by atoms with Crippen LogP contribution in [0.4, 0.5) is 5.82 Å². The van der Waals surface area contributed by atoms with Crippen LogP contribution in [0.5, 0.6) is 0 Å². The standard InChI is InChI=1S/C23H21N5O4S2/c24-23(34(31,32)18-3-2-10-25-14-18,19-4-1-5-20(28-19)27-15-21(29)30)13-16-6-8-17(9-7-16)22-26-11-12-33-22/h1-12,14H,13,15,24H2,(H,27,28)(H,29,30). The summed E-state index contributed by atoms with van der Waals surface area (Å²) in [4.78, 5) is 21.5. The summed E-state index contributed by atoms with van der Waals surface area (Å²) >= 11 is 1.50. The number of carbonyl (C=O) groups is 1. The van der Waals surface area contributed by atoms with Crippen molar-refractivity contribution in [3.8, 4) is 10.6 Å². The van der Waals surface area contributed by atoms with Crippen LogP contribution in [0.3, 0.4) is 0 Å². The first-order valence-electron chi connectivity index (χ1n) is 10.2. The van der Waals surface area contributed by atoms with Crippen LogP contribution in [0, 0.1) is 0 Å². The summed E-state index contributed by atoms with van der Waals surface area (Å²) in [7, 11) is -4.15. The Labute approximate surface area is 200 Å². The third kappa shape index (κ3) is 4.81. The molecule has 0 bridgehead atoms. The maximum absolute atomic E-state index is 13.8. The predicted octanol–water partition coefficient (Wildman–Crippen LogP) is 2.92. The van der Waals surface area contributed by atoms with Gasteiger partial charge in [0.15, 0.2) is 4.87 Å². The monoisotopic (exact) mass is 495 g/mol. The van der Waals surface area contributed by atoms with Crippen LogP contribution in [0.2, 0.25) is 0 Å². The van der Waals surface area contributed by atoms with E-state index in [0.29, 0.717) is 5.56 Å². The number of aromatic nitrogens is 3. The number of carboxylic acid groups (broad SMARTS) is 1. The highest BCUT2D eigenvalue weighted by Gasteiger charge is 2.44. The van der Waals surface area contributed by atoms with Crippen LogP contribution >= 0.6 is 11.3 Å². The minimum atomic E-state index is -4.15. The zero-order chi connectivity index (χ0) is 24.2. The van der Waals surface area contributed by atoms with E-state index in [1.165, 1.54) is 41.9 Å². The Kier molecular flexibility index (Phi) is 6.68. The molecule has 4 rings (SSSR count). The first-order valence-corrected chi connectivity index (χ1v) is 12.5. The third-order valence-electron chi connectivity index (χ3n) is 5.13. The number of anilines is 1. The molecule has 0 aliphatic heterocycles. The fourth-order valence-electron chi connectivity index (χ4n) is 3.41. The van der Waals surface area contributed by atoms with Crippen LogP contribution in [0.25, 0.3) is 10.6 Å². The van der Waals surface area contributed by atoms with Gasteiger partial charge in [-0.05, 0) is 29.8 Å². The molecule has 1 atom stereocenters. The van der Waals surface area contributed by atoms with Gasteiger partial charge in [-0.25, -0.2) is 18.4 Å². The molecular weight excluding hydrogens is 474 g/mol. The van der Waals surface area contributed by atoms with Crippen molar-refractivity contribution < 1.29 is 18.3 Å². The first-order chi connectivity index (χ1) is 16.3. The molecule has 11 heteroatoms. The second-order valence-corrected chi connectivity index (χ2v) is 10.5. The van der Waals surface area contributed by atoms with Gasteiger partial charge in [-0.3, -0.25) is 9.78 Å². The lowest BCUT2D eigenvalue weighted by Crippen LogP contribution is -2.47. The number of pyridine rings is 2. The number of nitrogens with zero attached hydrogens (tertiary/aromatic N) is 3. The second-order valence-electron chi connectivity index (χ2n) is 7.45. The van der Waals surface area contributed by atoms with Gasteiger partial charge in [-0.2, -0.15) is 0 Å².